The molecule has 17 heteroatoms. The van der Waals surface area contributed by atoms with Gasteiger partial charge in [-0.1, -0.05) is 46.3 Å². The Hall–Kier alpha value is -2.29. The fraction of sp³-hybridized carbons (Fsp3) is 0.884. The number of esters is 1. The fourth-order valence-corrected chi connectivity index (χ4v) is 13.9. The number of aliphatic hydroxyl groups excluding tert-OH is 8. The first-order valence-corrected chi connectivity index (χ1v) is 21.5. The fourth-order valence-electron chi connectivity index (χ4n) is 13.9. The average molecular weight is 855 g/mol. The Kier molecular flexibility index (Phi) is 11.8. The number of ether oxygens (including phenoxy) is 4. The third-order valence-corrected chi connectivity index (χ3v) is 17.5. The van der Waals surface area contributed by atoms with Crippen LogP contribution < -0.4 is 0 Å². The first-order valence-electron chi connectivity index (χ1n) is 21.5. The van der Waals surface area contributed by atoms with Gasteiger partial charge in [0.15, 0.2) is 12.4 Å². The number of hydrogen-bond acceptors (Lipinski definition) is 15. The Bertz CT molecular complexity index is 1720. The van der Waals surface area contributed by atoms with Crippen molar-refractivity contribution in [2.24, 2.45) is 50.2 Å². The largest absolute Gasteiger partial charge is 0.481 e. The predicted octanol–water partition coefficient (Wildman–Crippen LogP) is 0.834. The molecule has 2 aliphatic heterocycles. The average Bonchev–Trinajstić information content (AvgIpc) is 3.16. The molecule has 0 radical (unpaired) electrons. The standard InChI is InChI=1S/C43H66O17/c1-38(2)11-13-43(17-25(46)58-35-30(51)27(48)26(47)22(18-44)57-35)14-12-40(4)19(20(43)15-38)7-8-23-39(3)16-21(45)33(42(6,37(55)56)24(39)9-10-41(23,40)5)60-36-31(52)28(49)29(50)32(59-36)34(53)54/h7,20-24,26-33,35-36,44-45,47-52H,8-18H2,1-6H3,(H,53,54)(H,55,56)/t20-,21-,22+,23+,24+,26+,27-,28-,29-,30+,31+,32-,33-,35-,36-,39+,40+,41+,42-,43+/m0/s1. The van der Waals surface area contributed by atoms with E-state index in [2.05, 4.69) is 33.8 Å². The van der Waals surface area contributed by atoms with Crippen molar-refractivity contribution in [1.82, 2.24) is 0 Å². The van der Waals surface area contributed by atoms with Crippen molar-refractivity contribution in [3.05, 3.63) is 11.6 Å². The van der Waals surface area contributed by atoms with E-state index in [0.29, 0.717) is 25.7 Å². The molecule has 2 heterocycles. The molecule has 0 bridgehead atoms. The lowest BCUT2D eigenvalue weighted by molar-refractivity contribution is -0.335. The molecule has 0 aromatic carbocycles. The van der Waals surface area contributed by atoms with E-state index in [1.807, 2.05) is 6.92 Å². The molecule has 5 aliphatic carbocycles. The number of carbonyl (C=O) groups is 3. The zero-order valence-corrected chi connectivity index (χ0v) is 35.3. The Labute approximate surface area is 349 Å². The topological polar surface area (TPSA) is 290 Å². The predicted molar refractivity (Wildman–Crippen MR) is 206 cm³/mol. The van der Waals surface area contributed by atoms with Crippen LogP contribution in [-0.4, -0.2) is 149 Å². The van der Waals surface area contributed by atoms with E-state index in [9.17, 15) is 65.4 Å². The maximum Gasteiger partial charge on any atom is 0.335 e. The number of hydrogen-bond donors (Lipinski definition) is 10. The van der Waals surface area contributed by atoms with Gasteiger partial charge in [-0.05, 0) is 110 Å². The maximum atomic E-state index is 13.9. The van der Waals surface area contributed by atoms with Gasteiger partial charge in [-0.2, -0.15) is 0 Å². The SMILES string of the molecule is CC1(C)CC[C@]2(CC(=O)O[C@@H]3O[C@H](CO)[C@@H](O)[C@H](O)[C@H]3O)CC[C@]3(C)C(=CC[C@@H]4[C@@]5(C)C[C@H](O)[C@H](O[C@@H]6O[C@H](C(=O)O)[C@@H](O)[C@H](O)[C@H]6O)[C@@](C)(C(=O)O)[C@@H]5CC[C@]43C)[C@@H]2C1. The molecular formula is C43H66O17. The van der Waals surface area contributed by atoms with Crippen LogP contribution in [0.3, 0.4) is 0 Å². The van der Waals surface area contributed by atoms with E-state index in [1.54, 1.807) is 0 Å². The first kappa shape index (κ1) is 45.7. The summed E-state index contributed by atoms with van der Waals surface area (Å²) < 4.78 is 22.6. The van der Waals surface area contributed by atoms with Gasteiger partial charge < -0.3 is 70.0 Å². The molecule has 7 aliphatic rings. The molecule has 6 fully saturated rings. The number of rotatable bonds is 8. The van der Waals surface area contributed by atoms with Gasteiger partial charge in [0.1, 0.15) is 48.8 Å². The molecule has 0 aromatic rings. The van der Waals surface area contributed by atoms with Crippen LogP contribution in [0.15, 0.2) is 11.6 Å². The van der Waals surface area contributed by atoms with Gasteiger partial charge >= 0.3 is 17.9 Å². The zero-order valence-electron chi connectivity index (χ0n) is 35.3. The van der Waals surface area contributed by atoms with E-state index < -0.39 is 120 Å². The van der Waals surface area contributed by atoms with Crippen LogP contribution in [0.5, 0.6) is 0 Å². The van der Waals surface area contributed by atoms with E-state index in [1.165, 1.54) is 12.5 Å². The number of aliphatic carboxylic acids is 2. The minimum atomic E-state index is -1.97. The van der Waals surface area contributed by atoms with Crippen LogP contribution in [0.2, 0.25) is 0 Å². The Morgan fingerprint density at radius 1 is 0.750 bits per heavy atom. The lowest BCUT2D eigenvalue weighted by Crippen LogP contribution is -2.70. The van der Waals surface area contributed by atoms with E-state index in [-0.39, 0.29) is 40.9 Å². The van der Waals surface area contributed by atoms with Crippen LogP contribution in [0.25, 0.3) is 0 Å². The number of allylic oxidation sites excluding steroid dienone is 2. The highest BCUT2D eigenvalue weighted by molar-refractivity contribution is 5.76. The summed E-state index contributed by atoms with van der Waals surface area (Å²) in [6.07, 6.45) is -12.4. The van der Waals surface area contributed by atoms with E-state index >= 15 is 0 Å². The van der Waals surface area contributed by atoms with Gasteiger partial charge in [0, 0.05) is 0 Å². The quantitative estimate of drug-likeness (QED) is 0.0919. The van der Waals surface area contributed by atoms with Gasteiger partial charge in [0.25, 0.3) is 0 Å². The summed E-state index contributed by atoms with van der Waals surface area (Å²) in [5.74, 6) is -4.14. The Balaban J connectivity index is 1.18. The summed E-state index contributed by atoms with van der Waals surface area (Å²) in [7, 11) is 0. The molecule has 4 saturated carbocycles. The summed E-state index contributed by atoms with van der Waals surface area (Å²) in [4.78, 5) is 39.2. The van der Waals surface area contributed by atoms with Crippen LogP contribution >= 0.6 is 0 Å². The number of carboxylic acid groups (broad SMARTS) is 2. The van der Waals surface area contributed by atoms with E-state index in [4.69, 9.17) is 18.9 Å². The van der Waals surface area contributed by atoms with Crippen molar-refractivity contribution in [2.45, 2.75) is 179 Å². The molecule has 20 atom stereocenters. The zero-order chi connectivity index (χ0) is 44.3. The van der Waals surface area contributed by atoms with Gasteiger partial charge in [-0.25, -0.2) is 4.79 Å². The van der Waals surface area contributed by atoms with Crippen LogP contribution in [0.1, 0.15) is 106 Å². The molecule has 60 heavy (non-hydrogen) atoms. The smallest absolute Gasteiger partial charge is 0.335 e. The second-order valence-corrected chi connectivity index (χ2v) is 21.1. The molecule has 340 valence electrons. The molecule has 10 N–H and O–H groups in total. The third-order valence-electron chi connectivity index (χ3n) is 17.5. The highest BCUT2D eigenvalue weighted by Gasteiger charge is 2.72. The molecular weight excluding hydrogens is 788 g/mol. The van der Waals surface area contributed by atoms with Crippen molar-refractivity contribution in [2.75, 3.05) is 6.61 Å². The maximum absolute atomic E-state index is 13.9. The highest BCUT2D eigenvalue weighted by atomic mass is 16.7. The Morgan fingerprint density at radius 3 is 2.02 bits per heavy atom. The molecule has 0 unspecified atom stereocenters. The number of carboxylic acids is 2. The summed E-state index contributed by atoms with van der Waals surface area (Å²) in [5, 5.41) is 105. The molecule has 0 aromatic heterocycles. The number of fused-ring (bicyclic) bond motifs is 7. The van der Waals surface area contributed by atoms with Crippen molar-refractivity contribution in [3.8, 4) is 0 Å². The van der Waals surface area contributed by atoms with Crippen LogP contribution in [0, 0.1) is 50.2 Å². The van der Waals surface area contributed by atoms with Crippen LogP contribution in [0.4, 0.5) is 0 Å². The minimum Gasteiger partial charge on any atom is -0.481 e. The summed E-state index contributed by atoms with van der Waals surface area (Å²) >= 11 is 0. The number of carbonyl (C=O) groups excluding carboxylic acids is 1. The second kappa shape index (κ2) is 15.5. The van der Waals surface area contributed by atoms with Gasteiger partial charge in [0.2, 0.25) is 6.29 Å². The summed E-state index contributed by atoms with van der Waals surface area (Å²) in [6.45, 7) is 11.9. The lowest BCUT2D eigenvalue weighted by Gasteiger charge is -2.71. The van der Waals surface area contributed by atoms with Gasteiger partial charge in [-0.15, -0.1) is 0 Å². The second-order valence-electron chi connectivity index (χ2n) is 21.1. The lowest BCUT2D eigenvalue weighted by atomic mass is 9.33. The van der Waals surface area contributed by atoms with Crippen molar-refractivity contribution in [1.29, 1.82) is 0 Å². The Morgan fingerprint density at radius 2 is 1.38 bits per heavy atom. The first-order chi connectivity index (χ1) is 27.8. The van der Waals surface area contributed by atoms with Crippen molar-refractivity contribution in [3.63, 3.8) is 0 Å². The number of aliphatic hydroxyl groups is 8. The van der Waals surface area contributed by atoms with Gasteiger partial charge in [0.05, 0.1) is 24.5 Å². The molecule has 0 amide bonds. The molecule has 0 spiro atoms. The summed E-state index contributed by atoms with van der Waals surface area (Å²) in [6, 6.07) is 0. The third kappa shape index (κ3) is 6.79. The normalized spacial score (nSPS) is 52.4. The minimum absolute atomic E-state index is 0.0184. The molecule has 2 saturated heterocycles. The molecule has 17 nitrogen and oxygen atoms in total. The van der Waals surface area contributed by atoms with Gasteiger partial charge in [-0.3, -0.25) is 9.59 Å². The molecule has 7 rings (SSSR count). The van der Waals surface area contributed by atoms with Crippen molar-refractivity contribution >= 4 is 17.9 Å². The highest BCUT2D eigenvalue weighted by Crippen LogP contribution is 2.76. The summed E-state index contributed by atoms with van der Waals surface area (Å²) in [5.41, 5.74) is -2.53. The van der Waals surface area contributed by atoms with E-state index in [0.717, 1.165) is 25.7 Å². The van der Waals surface area contributed by atoms with Crippen LogP contribution in [-0.2, 0) is 33.3 Å². The monoisotopic (exact) mass is 854 g/mol. The van der Waals surface area contributed by atoms with Crippen molar-refractivity contribution < 1.29 is 84.4 Å².